The fourth-order valence-electron chi connectivity index (χ4n) is 2.02. The van der Waals surface area contributed by atoms with Gasteiger partial charge in [-0.3, -0.25) is 4.98 Å². The Kier molecular flexibility index (Phi) is 6.23. The van der Waals surface area contributed by atoms with Gasteiger partial charge in [0.25, 0.3) is 0 Å². The van der Waals surface area contributed by atoms with E-state index in [1.165, 1.54) is 22.3 Å². The van der Waals surface area contributed by atoms with E-state index < -0.39 is 0 Å². The van der Waals surface area contributed by atoms with E-state index in [4.69, 9.17) is 5.73 Å². The number of rotatable bonds is 5. The largest absolute Gasteiger partial charge is 0.402 e. The van der Waals surface area contributed by atoms with Gasteiger partial charge in [0.05, 0.1) is 0 Å². The highest BCUT2D eigenvalue weighted by atomic mass is 14.7. The highest BCUT2D eigenvalue weighted by Gasteiger charge is 2.08. The number of hydrogen-bond donors (Lipinski definition) is 1. The molecule has 0 aliphatic rings. The van der Waals surface area contributed by atoms with E-state index in [-0.39, 0.29) is 0 Å². The predicted molar refractivity (Wildman–Crippen MR) is 89.1 cm³/mol. The molecule has 0 aliphatic carbocycles. The summed E-state index contributed by atoms with van der Waals surface area (Å²) in [5, 5.41) is 0. The van der Waals surface area contributed by atoms with Gasteiger partial charge in [0.1, 0.15) is 0 Å². The normalized spacial score (nSPS) is 13.8. The van der Waals surface area contributed by atoms with Crippen molar-refractivity contribution in [1.29, 1.82) is 0 Å². The summed E-state index contributed by atoms with van der Waals surface area (Å²) < 4.78 is 0. The second-order valence-electron chi connectivity index (χ2n) is 5.16. The van der Waals surface area contributed by atoms with Gasteiger partial charge in [-0.15, -0.1) is 0 Å². The first kappa shape index (κ1) is 16.2. The Balaban J connectivity index is 3.40. The third kappa shape index (κ3) is 4.37. The summed E-state index contributed by atoms with van der Waals surface area (Å²) in [5.74, 6) is 0. The molecule has 0 radical (unpaired) electrons. The molecule has 1 heterocycles. The second-order valence-corrected chi connectivity index (χ2v) is 5.16. The molecule has 0 aliphatic heterocycles. The molecule has 2 N–H and O–H groups in total. The van der Waals surface area contributed by atoms with E-state index >= 15 is 0 Å². The van der Waals surface area contributed by atoms with Gasteiger partial charge in [-0.05, 0) is 56.9 Å². The molecule has 0 aromatic carbocycles. The fourth-order valence-corrected chi connectivity index (χ4v) is 2.02. The molecule has 1 aromatic heterocycles. The van der Waals surface area contributed by atoms with Crippen LogP contribution in [0.5, 0.6) is 0 Å². The average molecular weight is 270 g/mol. The maximum absolute atomic E-state index is 5.74. The van der Waals surface area contributed by atoms with Crippen LogP contribution >= 0.6 is 0 Å². The molecular weight excluding hydrogens is 244 g/mol. The Morgan fingerprint density at radius 3 is 2.45 bits per heavy atom. The Morgan fingerprint density at radius 2 is 1.90 bits per heavy atom. The topological polar surface area (TPSA) is 38.9 Å². The van der Waals surface area contributed by atoms with Gasteiger partial charge >= 0.3 is 0 Å². The molecule has 2 heteroatoms. The van der Waals surface area contributed by atoms with Crippen molar-refractivity contribution in [1.82, 2.24) is 4.98 Å². The fraction of sp³-hybridized carbons (Fsp3) is 0.389. The lowest BCUT2D eigenvalue weighted by Crippen LogP contribution is -1.96. The van der Waals surface area contributed by atoms with Crippen molar-refractivity contribution in [2.45, 2.75) is 47.5 Å². The van der Waals surface area contributed by atoms with Crippen molar-refractivity contribution in [2.24, 2.45) is 5.73 Å². The maximum Gasteiger partial charge on any atom is 0.0451 e. The molecule has 0 amide bonds. The van der Waals surface area contributed by atoms with Crippen molar-refractivity contribution in [2.75, 3.05) is 0 Å². The maximum atomic E-state index is 5.74. The highest BCUT2D eigenvalue weighted by molar-refractivity contribution is 5.76. The number of allylic oxidation sites excluding steroid dienone is 5. The van der Waals surface area contributed by atoms with Crippen molar-refractivity contribution < 1.29 is 0 Å². The Labute approximate surface area is 123 Å². The van der Waals surface area contributed by atoms with Crippen LogP contribution in [0.4, 0.5) is 0 Å². The molecule has 2 nitrogen and oxygen atoms in total. The summed E-state index contributed by atoms with van der Waals surface area (Å²) in [6, 6.07) is 2.09. The zero-order valence-corrected chi connectivity index (χ0v) is 13.3. The lowest BCUT2D eigenvalue weighted by Gasteiger charge is -2.12. The van der Waals surface area contributed by atoms with Crippen LogP contribution in [-0.2, 0) is 0 Å². The van der Waals surface area contributed by atoms with Crippen LogP contribution in [0.25, 0.3) is 11.6 Å². The SMILES string of the molecule is CC/C(C)=C/c1c(/C(=C/C=C(\C)N)CC)ccnc1C. The number of hydrogen-bond acceptors (Lipinski definition) is 2. The van der Waals surface area contributed by atoms with Gasteiger partial charge in [-0.25, -0.2) is 0 Å². The summed E-state index contributed by atoms with van der Waals surface area (Å²) >= 11 is 0. The van der Waals surface area contributed by atoms with Gasteiger partial charge in [-0.1, -0.05) is 31.6 Å². The summed E-state index contributed by atoms with van der Waals surface area (Å²) in [6.07, 6.45) is 10.2. The lowest BCUT2D eigenvalue weighted by atomic mass is 9.95. The smallest absolute Gasteiger partial charge is 0.0451 e. The van der Waals surface area contributed by atoms with Crippen LogP contribution in [0.3, 0.4) is 0 Å². The molecule has 0 atom stereocenters. The second kappa shape index (κ2) is 7.68. The zero-order valence-electron chi connectivity index (χ0n) is 13.3. The van der Waals surface area contributed by atoms with Gasteiger partial charge in [-0.2, -0.15) is 0 Å². The lowest BCUT2D eigenvalue weighted by molar-refractivity contribution is 1.10. The third-order valence-corrected chi connectivity index (χ3v) is 3.41. The minimum absolute atomic E-state index is 0.823. The van der Waals surface area contributed by atoms with Crippen LogP contribution in [0.1, 0.15) is 57.4 Å². The van der Waals surface area contributed by atoms with E-state index in [9.17, 15) is 0 Å². The number of nitrogens with two attached hydrogens (primary N) is 1. The van der Waals surface area contributed by atoms with Gasteiger partial charge in [0.15, 0.2) is 0 Å². The van der Waals surface area contributed by atoms with E-state index in [0.29, 0.717) is 0 Å². The number of nitrogens with zero attached hydrogens (tertiary/aromatic N) is 1. The minimum Gasteiger partial charge on any atom is -0.402 e. The number of aromatic nitrogens is 1. The van der Waals surface area contributed by atoms with E-state index in [1.807, 2.05) is 19.2 Å². The minimum atomic E-state index is 0.823. The monoisotopic (exact) mass is 270 g/mol. The standard InChI is InChI=1S/C18H26N2/c1-6-13(3)12-18-15(5)20-11-10-17(18)16(7-2)9-8-14(4)19/h8-12H,6-7,19H2,1-5H3/b13-12+,14-8+,16-9+. The first-order valence-corrected chi connectivity index (χ1v) is 7.25. The van der Waals surface area contributed by atoms with Crippen LogP contribution in [0.15, 0.2) is 35.7 Å². The Morgan fingerprint density at radius 1 is 1.20 bits per heavy atom. The molecule has 0 bridgehead atoms. The van der Waals surface area contributed by atoms with Crippen LogP contribution in [-0.4, -0.2) is 4.98 Å². The van der Waals surface area contributed by atoms with Gasteiger partial charge < -0.3 is 5.73 Å². The molecule has 108 valence electrons. The predicted octanol–water partition coefficient (Wildman–Crippen LogP) is 4.86. The highest BCUT2D eigenvalue weighted by Crippen LogP contribution is 2.26. The molecule has 1 rings (SSSR count). The number of pyridine rings is 1. The Bertz CT molecular complexity index is 545. The molecule has 0 spiro atoms. The summed E-state index contributed by atoms with van der Waals surface area (Å²) in [7, 11) is 0. The van der Waals surface area contributed by atoms with Crippen molar-refractivity contribution >= 4 is 11.6 Å². The molecular formula is C18H26N2. The Hall–Kier alpha value is -1.83. The van der Waals surface area contributed by atoms with E-state index in [1.54, 1.807) is 0 Å². The van der Waals surface area contributed by atoms with Gasteiger partial charge in [0.2, 0.25) is 0 Å². The van der Waals surface area contributed by atoms with Crippen molar-refractivity contribution in [3.05, 3.63) is 52.5 Å². The zero-order chi connectivity index (χ0) is 15.1. The summed E-state index contributed by atoms with van der Waals surface area (Å²) in [4.78, 5) is 4.43. The van der Waals surface area contributed by atoms with Crippen LogP contribution in [0, 0.1) is 6.92 Å². The molecule has 0 unspecified atom stereocenters. The van der Waals surface area contributed by atoms with Crippen LogP contribution < -0.4 is 5.73 Å². The molecule has 0 saturated carbocycles. The van der Waals surface area contributed by atoms with E-state index in [0.717, 1.165) is 24.2 Å². The summed E-state index contributed by atoms with van der Waals surface area (Å²) in [5.41, 5.74) is 12.8. The first-order chi connectivity index (χ1) is 9.49. The third-order valence-electron chi connectivity index (χ3n) is 3.41. The number of aryl methyl sites for hydroxylation is 1. The first-order valence-electron chi connectivity index (χ1n) is 7.25. The van der Waals surface area contributed by atoms with Gasteiger partial charge in [0, 0.05) is 23.2 Å². The van der Waals surface area contributed by atoms with Crippen molar-refractivity contribution in [3.63, 3.8) is 0 Å². The molecule has 0 fully saturated rings. The molecule has 1 aromatic rings. The summed E-state index contributed by atoms with van der Waals surface area (Å²) in [6.45, 7) is 10.5. The van der Waals surface area contributed by atoms with Crippen LogP contribution in [0.2, 0.25) is 0 Å². The quantitative estimate of drug-likeness (QED) is 0.776. The molecule has 20 heavy (non-hydrogen) atoms. The van der Waals surface area contributed by atoms with Crippen molar-refractivity contribution in [3.8, 4) is 0 Å². The average Bonchev–Trinajstić information content (AvgIpc) is 2.42. The molecule has 0 saturated heterocycles. The van der Waals surface area contributed by atoms with E-state index in [2.05, 4.69) is 50.9 Å².